The molecular formula is C12H12O4. The second-order valence-corrected chi connectivity index (χ2v) is 3.98. The van der Waals surface area contributed by atoms with Gasteiger partial charge in [0.2, 0.25) is 6.10 Å². The van der Waals surface area contributed by atoms with Crippen molar-refractivity contribution in [1.29, 1.82) is 0 Å². The van der Waals surface area contributed by atoms with Crippen molar-refractivity contribution in [3.63, 3.8) is 0 Å². The molecule has 1 atom stereocenters. The van der Waals surface area contributed by atoms with E-state index in [-0.39, 0.29) is 6.42 Å². The molecule has 4 heteroatoms. The van der Waals surface area contributed by atoms with Crippen molar-refractivity contribution in [3.05, 3.63) is 34.4 Å². The molecule has 0 saturated carbocycles. The lowest BCUT2D eigenvalue weighted by Gasteiger charge is -2.23. The summed E-state index contributed by atoms with van der Waals surface area (Å²) in [7, 11) is 0. The molecule has 1 N–H and O–H groups in total. The minimum absolute atomic E-state index is 0.248. The third-order valence-corrected chi connectivity index (χ3v) is 2.96. The van der Waals surface area contributed by atoms with Crippen LogP contribution in [-0.2, 0) is 16.0 Å². The van der Waals surface area contributed by atoms with E-state index in [9.17, 15) is 9.59 Å². The summed E-state index contributed by atoms with van der Waals surface area (Å²) in [4.78, 5) is 22.5. The molecule has 0 aliphatic carbocycles. The fraction of sp³-hybridized carbons (Fsp3) is 0.333. The molecule has 0 aromatic heterocycles. The predicted octanol–water partition coefficient (Wildman–Crippen LogP) is 1.47. The van der Waals surface area contributed by atoms with Crippen LogP contribution in [-0.4, -0.2) is 23.1 Å². The van der Waals surface area contributed by atoms with Gasteiger partial charge in [-0.1, -0.05) is 12.1 Å². The number of carbonyl (C=O) groups is 2. The molecule has 1 heterocycles. The number of esters is 1. The number of aliphatic carboxylic acids is 1. The Bertz CT molecular complexity index is 476. The normalized spacial score (nSPS) is 18.9. The summed E-state index contributed by atoms with van der Waals surface area (Å²) in [5.41, 5.74) is 3.15. The molecule has 1 unspecified atom stereocenters. The molecule has 0 bridgehead atoms. The molecule has 1 aromatic rings. The number of hydrogen-bond acceptors (Lipinski definition) is 3. The van der Waals surface area contributed by atoms with E-state index in [4.69, 9.17) is 9.84 Å². The van der Waals surface area contributed by atoms with Gasteiger partial charge in [-0.15, -0.1) is 0 Å². The van der Waals surface area contributed by atoms with Gasteiger partial charge in [0.25, 0.3) is 0 Å². The van der Waals surface area contributed by atoms with E-state index in [0.29, 0.717) is 5.56 Å². The van der Waals surface area contributed by atoms with Gasteiger partial charge in [0, 0.05) is 6.42 Å². The van der Waals surface area contributed by atoms with Crippen molar-refractivity contribution in [2.75, 3.05) is 0 Å². The zero-order valence-electron chi connectivity index (χ0n) is 9.11. The highest BCUT2D eigenvalue weighted by molar-refractivity contribution is 5.96. The van der Waals surface area contributed by atoms with Crippen molar-refractivity contribution in [2.24, 2.45) is 0 Å². The molecule has 1 aliphatic rings. The zero-order chi connectivity index (χ0) is 11.9. The lowest BCUT2D eigenvalue weighted by molar-refractivity contribution is -0.147. The quantitative estimate of drug-likeness (QED) is 0.728. The van der Waals surface area contributed by atoms with Gasteiger partial charge in [-0.05, 0) is 30.5 Å². The van der Waals surface area contributed by atoms with E-state index >= 15 is 0 Å². The van der Waals surface area contributed by atoms with Gasteiger partial charge in [0.15, 0.2) is 0 Å². The predicted molar refractivity (Wildman–Crippen MR) is 56.5 cm³/mol. The molecule has 0 fully saturated rings. The summed E-state index contributed by atoms with van der Waals surface area (Å²) in [6.07, 6.45) is -0.806. The summed E-state index contributed by atoms with van der Waals surface area (Å²) in [6, 6.07) is 3.69. The zero-order valence-corrected chi connectivity index (χ0v) is 9.11. The highest BCUT2D eigenvalue weighted by Gasteiger charge is 2.32. The van der Waals surface area contributed by atoms with Crippen LogP contribution in [0.5, 0.6) is 0 Å². The van der Waals surface area contributed by atoms with E-state index in [1.165, 1.54) is 0 Å². The first-order chi connectivity index (χ1) is 7.50. The van der Waals surface area contributed by atoms with Crippen molar-refractivity contribution < 1.29 is 19.4 Å². The number of cyclic esters (lactones) is 1. The lowest BCUT2D eigenvalue weighted by Crippen LogP contribution is -2.34. The molecular weight excluding hydrogens is 208 g/mol. The lowest BCUT2D eigenvalue weighted by atomic mass is 9.92. The number of carboxylic acids is 1. The van der Waals surface area contributed by atoms with Gasteiger partial charge < -0.3 is 9.84 Å². The van der Waals surface area contributed by atoms with Crippen molar-refractivity contribution in [1.82, 2.24) is 0 Å². The fourth-order valence-electron chi connectivity index (χ4n) is 1.89. The molecule has 0 amide bonds. The third-order valence-electron chi connectivity index (χ3n) is 2.96. The first-order valence-corrected chi connectivity index (χ1v) is 5.03. The van der Waals surface area contributed by atoms with Gasteiger partial charge in [0.1, 0.15) is 0 Å². The standard InChI is InChI=1S/C12H12O4/c1-6-3-4-8-5-9(11(13)14)16-12(15)10(8)7(6)2/h3-4,9H,5H2,1-2H3,(H,13,14). The van der Waals surface area contributed by atoms with E-state index in [2.05, 4.69) is 0 Å². The number of rotatable bonds is 1. The number of ether oxygens (including phenoxy) is 1. The monoisotopic (exact) mass is 220 g/mol. The molecule has 0 radical (unpaired) electrons. The number of aryl methyl sites for hydroxylation is 1. The summed E-state index contributed by atoms with van der Waals surface area (Å²) < 4.78 is 4.87. The van der Waals surface area contributed by atoms with E-state index in [1.807, 2.05) is 19.9 Å². The van der Waals surface area contributed by atoms with Crippen LogP contribution >= 0.6 is 0 Å². The van der Waals surface area contributed by atoms with Crippen molar-refractivity contribution >= 4 is 11.9 Å². The SMILES string of the molecule is Cc1ccc2c(c1C)C(=O)OC(C(=O)O)C2. The Balaban J connectivity index is 2.50. The highest BCUT2D eigenvalue weighted by atomic mass is 16.6. The molecule has 16 heavy (non-hydrogen) atoms. The largest absolute Gasteiger partial charge is 0.478 e. The first-order valence-electron chi connectivity index (χ1n) is 5.03. The minimum atomic E-state index is -1.10. The maximum Gasteiger partial charge on any atom is 0.345 e. The topological polar surface area (TPSA) is 63.6 Å². The third kappa shape index (κ3) is 1.56. The molecule has 2 rings (SSSR count). The van der Waals surface area contributed by atoms with Gasteiger partial charge in [-0.25, -0.2) is 9.59 Å². The van der Waals surface area contributed by atoms with Crippen LogP contribution in [0.15, 0.2) is 12.1 Å². The number of fused-ring (bicyclic) bond motifs is 1. The number of carbonyl (C=O) groups excluding carboxylic acids is 1. The first kappa shape index (κ1) is 10.7. The highest BCUT2D eigenvalue weighted by Crippen LogP contribution is 2.25. The Labute approximate surface area is 92.8 Å². The molecule has 0 saturated heterocycles. The average Bonchev–Trinajstić information content (AvgIpc) is 2.22. The minimum Gasteiger partial charge on any atom is -0.478 e. The maximum atomic E-state index is 11.7. The Morgan fingerprint density at radius 1 is 1.44 bits per heavy atom. The van der Waals surface area contributed by atoms with Crippen molar-refractivity contribution in [2.45, 2.75) is 26.4 Å². The van der Waals surface area contributed by atoms with Crippen LogP contribution < -0.4 is 0 Å². The molecule has 1 aromatic carbocycles. The Hall–Kier alpha value is -1.84. The smallest absolute Gasteiger partial charge is 0.345 e. The van der Waals surface area contributed by atoms with E-state index < -0.39 is 18.0 Å². The van der Waals surface area contributed by atoms with Crippen LogP contribution in [0.1, 0.15) is 27.0 Å². The summed E-state index contributed by atoms with van der Waals surface area (Å²) in [6.45, 7) is 3.75. The summed E-state index contributed by atoms with van der Waals surface area (Å²) in [5.74, 6) is -1.63. The van der Waals surface area contributed by atoms with Crippen LogP contribution in [0, 0.1) is 13.8 Å². The number of carboxylic acid groups (broad SMARTS) is 1. The van der Waals surface area contributed by atoms with Crippen LogP contribution in [0.4, 0.5) is 0 Å². The van der Waals surface area contributed by atoms with Gasteiger partial charge in [-0.2, -0.15) is 0 Å². The molecule has 0 spiro atoms. The molecule has 1 aliphatic heterocycles. The summed E-state index contributed by atoms with van der Waals surface area (Å²) >= 11 is 0. The average molecular weight is 220 g/mol. The van der Waals surface area contributed by atoms with Crippen molar-refractivity contribution in [3.8, 4) is 0 Å². The maximum absolute atomic E-state index is 11.7. The second-order valence-electron chi connectivity index (χ2n) is 3.98. The van der Waals surface area contributed by atoms with Crippen LogP contribution in [0.3, 0.4) is 0 Å². The van der Waals surface area contributed by atoms with Crippen LogP contribution in [0.25, 0.3) is 0 Å². The number of benzene rings is 1. The van der Waals surface area contributed by atoms with E-state index in [1.54, 1.807) is 6.07 Å². The molecule has 84 valence electrons. The Morgan fingerprint density at radius 2 is 2.12 bits per heavy atom. The fourth-order valence-corrected chi connectivity index (χ4v) is 1.89. The van der Waals surface area contributed by atoms with Crippen LogP contribution in [0.2, 0.25) is 0 Å². The number of hydrogen-bond donors (Lipinski definition) is 1. The van der Waals surface area contributed by atoms with Gasteiger partial charge in [0.05, 0.1) is 5.56 Å². The molecule has 4 nitrogen and oxygen atoms in total. The van der Waals surface area contributed by atoms with Gasteiger partial charge in [-0.3, -0.25) is 0 Å². The Kier molecular flexibility index (Phi) is 2.42. The second kappa shape index (κ2) is 3.63. The summed E-state index contributed by atoms with van der Waals surface area (Å²) in [5, 5.41) is 8.83. The Morgan fingerprint density at radius 3 is 2.75 bits per heavy atom. The van der Waals surface area contributed by atoms with E-state index in [0.717, 1.165) is 16.7 Å². The van der Waals surface area contributed by atoms with Gasteiger partial charge >= 0.3 is 11.9 Å².